The van der Waals surface area contributed by atoms with E-state index in [2.05, 4.69) is 74.3 Å². The Bertz CT molecular complexity index is 875. The molecule has 0 saturated carbocycles. The lowest BCUT2D eigenvalue weighted by Gasteiger charge is -2.36. The first-order valence-electron chi connectivity index (χ1n) is 15.3. The second-order valence-corrected chi connectivity index (χ2v) is 22.5. The van der Waals surface area contributed by atoms with Gasteiger partial charge in [-0.05, 0) is 83.5 Å². The highest BCUT2D eigenvalue weighted by atomic mass is 79.9. The van der Waals surface area contributed by atoms with Crippen LogP contribution in [0.4, 0.5) is 0 Å². The molecule has 2 atom stereocenters. The number of hydrogen-bond donors (Lipinski definition) is 0. The minimum Gasteiger partial charge on any atom is -0.457 e. The molecule has 0 amide bonds. The number of esters is 1. The first kappa shape index (κ1) is 37.0. The van der Waals surface area contributed by atoms with Crippen molar-refractivity contribution in [3.63, 3.8) is 0 Å². The Balaban J connectivity index is 2.44. The maximum atomic E-state index is 12.2. The maximum absolute atomic E-state index is 12.2. The van der Waals surface area contributed by atoms with Gasteiger partial charge in [-0.25, -0.2) is 0 Å². The topological polar surface area (TPSA) is 61.8 Å². The van der Waals surface area contributed by atoms with E-state index in [1.165, 1.54) is 19.3 Å². The zero-order valence-corrected chi connectivity index (χ0v) is 29.8. The molecule has 228 valence electrons. The van der Waals surface area contributed by atoms with Gasteiger partial charge in [-0.2, -0.15) is 0 Å². The van der Waals surface area contributed by atoms with E-state index in [0.717, 1.165) is 55.8 Å². The van der Waals surface area contributed by atoms with Crippen molar-refractivity contribution in [1.29, 1.82) is 0 Å². The highest BCUT2D eigenvalue weighted by molar-refractivity contribution is 9.10. The van der Waals surface area contributed by atoms with Gasteiger partial charge in [0.05, 0.1) is 12.2 Å². The molecule has 0 aliphatic carbocycles. The number of benzene rings is 1. The van der Waals surface area contributed by atoms with E-state index in [9.17, 15) is 9.59 Å². The zero-order chi connectivity index (χ0) is 30.0. The molecule has 0 heterocycles. The van der Waals surface area contributed by atoms with E-state index < -0.39 is 16.6 Å². The molecule has 1 rings (SSSR count). The third kappa shape index (κ3) is 19.1. The summed E-state index contributed by atoms with van der Waals surface area (Å²) >= 11 is 3.35. The van der Waals surface area contributed by atoms with Crippen LogP contribution in [-0.2, 0) is 18.4 Å². The summed E-state index contributed by atoms with van der Waals surface area (Å²) in [7, 11) is -3.44. The number of carbonyl (C=O) groups is 2. The van der Waals surface area contributed by atoms with Crippen molar-refractivity contribution in [3.8, 4) is 0 Å². The summed E-state index contributed by atoms with van der Waals surface area (Å²) in [5.74, 6) is -0.484. The van der Waals surface area contributed by atoms with Gasteiger partial charge in [-0.1, -0.05) is 85.7 Å². The molecule has 5 nitrogen and oxygen atoms in total. The molecule has 0 aliphatic rings. The summed E-state index contributed by atoms with van der Waals surface area (Å²) in [6, 6.07) is 7.07. The van der Waals surface area contributed by atoms with Gasteiger partial charge in [0.1, 0.15) is 0 Å². The van der Waals surface area contributed by atoms with Crippen LogP contribution in [0.2, 0.25) is 39.3 Å². The summed E-state index contributed by atoms with van der Waals surface area (Å²) in [5.41, 5.74) is 0.549. The van der Waals surface area contributed by atoms with Gasteiger partial charge in [0.15, 0.2) is 29.0 Å². The Morgan fingerprint density at radius 1 is 0.800 bits per heavy atom. The van der Waals surface area contributed by atoms with Crippen LogP contribution >= 0.6 is 15.9 Å². The van der Waals surface area contributed by atoms with E-state index in [4.69, 9.17) is 13.6 Å². The SMILES string of the molecule is CCCCC/C=C\CC(O[Si](C)(C)C)C(CCCCCCCC(=O)OCC(=O)c1ccc(Br)cc1)O[Si](C)(C)C. The molecule has 0 fully saturated rings. The van der Waals surface area contributed by atoms with E-state index in [1.807, 2.05) is 0 Å². The molecular formula is C32H55BrO5Si2. The Hall–Kier alpha value is -1.07. The van der Waals surface area contributed by atoms with Crippen molar-refractivity contribution >= 4 is 44.3 Å². The van der Waals surface area contributed by atoms with Crippen LogP contribution < -0.4 is 0 Å². The number of Topliss-reactive ketones (excluding diaryl/α,β-unsaturated/α-hetero) is 1. The highest BCUT2D eigenvalue weighted by Gasteiger charge is 2.31. The van der Waals surface area contributed by atoms with E-state index in [-0.39, 0.29) is 30.6 Å². The Morgan fingerprint density at radius 3 is 2.02 bits per heavy atom. The second kappa shape index (κ2) is 19.9. The predicted molar refractivity (Wildman–Crippen MR) is 176 cm³/mol. The molecule has 0 N–H and O–H groups in total. The first-order chi connectivity index (χ1) is 18.8. The maximum Gasteiger partial charge on any atom is 0.306 e. The van der Waals surface area contributed by atoms with Crippen LogP contribution in [0.25, 0.3) is 0 Å². The Kier molecular flexibility index (Phi) is 18.4. The lowest BCUT2D eigenvalue weighted by Crippen LogP contribution is -2.44. The van der Waals surface area contributed by atoms with Gasteiger partial charge in [0, 0.05) is 16.5 Å². The second-order valence-electron chi connectivity index (χ2n) is 12.6. The van der Waals surface area contributed by atoms with Gasteiger partial charge in [0.2, 0.25) is 0 Å². The van der Waals surface area contributed by atoms with Crippen LogP contribution in [0.15, 0.2) is 40.9 Å². The van der Waals surface area contributed by atoms with Crippen LogP contribution in [0.5, 0.6) is 0 Å². The average Bonchev–Trinajstić information content (AvgIpc) is 2.86. The van der Waals surface area contributed by atoms with Crippen LogP contribution in [0, 0.1) is 0 Å². The zero-order valence-electron chi connectivity index (χ0n) is 26.2. The molecular weight excluding hydrogens is 600 g/mol. The molecule has 0 saturated heterocycles. The van der Waals surface area contributed by atoms with Crippen LogP contribution in [0.1, 0.15) is 94.3 Å². The van der Waals surface area contributed by atoms with Crippen LogP contribution in [0.3, 0.4) is 0 Å². The molecule has 1 aromatic carbocycles. The number of carbonyl (C=O) groups excluding carboxylic acids is 2. The molecule has 0 spiro atoms. The lowest BCUT2D eigenvalue weighted by atomic mass is 10.0. The minimum absolute atomic E-state index is 0.107. The molecule has 0 bridgehead atoms. The summed E-state index contributed by atoms with van der Waals surface area (Å²) in [6.45, 7) is 15.6. The molecule has 0 aromatic heterocycles. The molecule has 0 aliphatic heterocycles. The lowest BCUT2D eigenvalue weighted by molar-refractivity contribution is -0.142. The van der Waals surface area contributed by atoms with E-state index in [0.29, 0.717) is 12.0 Å². The molecule has 0 radical (unpaired) electrons. The smallest absolute Gasteiger partial charge is 0.306 e. The van der Waals surface area contributed by atoms with Gasteiger partial charge in [-0.15, -0.1) is 0 Å². The van der Waals surface area contributed by atoms with Gasteiger partial charge >= 0.3 is 5.97 Å². The predicted octanol–water partition coefficient (Wildman–Crippen LogP) is 9.87. The molecule has 2 unspecified atom stereocenters. The van der Waals surface area contributed by atoms with Crippen LogP contribution in [-0.4, -0.2) is 47.2 Å². The average molecular weight is 656 g/mol. The summed E-state index contributed by atoms with van der Waals surface area (Å²) in [4.78, 5) is 24.3. The number of halogens is 1. The fourth-order valence-electron chi connectivity index (χ4n) is 4.45. The number of unbranched alkanes of at least 4 members (excludes halogenated alkanes) is 7. The van der Waals surface area contributed by atoms with Gasteiger partial charge in [0.25, 0.3) is 0 Å². The largest absolute Gasteiger partial charge is 0.457 e. The third-order valence-electron chi connectivity index (χ3n) is 6.33. The minimum atomic E-state index is -1.72. The third-order valence-corrected chi connectivity index (χ3v) is 8.88. The summed E-state index contributed by atoms with van der Waals surface area (Å²) in [6.07, 6.45) is 17.1. The normalized spacial score (nSPS) is 13.9. The fourth-order valence-corrected chi connectivity index (χ4v) is 7.05. The van der Waals surface area contributed by atoms with Crippen molar-refractivity contribution in [2.75, 3.05) is 6.61 Å². The number of rotatable bonds is 22. The van der Waals surface area contributed by atoms with Crippen molar-refractivity contribution in [1.82, 2.24) is 0 Å². The van der Waals surface area contributed by atoms with Crippen molar-refractivity contribution in [2.45, 2.75) is 135 Å². The number of ether oxygens (including phenoxy) is 1. The molecule has 8 heteroatoms. The van der Waals surface area contributed by atoms with Gasteiger partial charge in [-0.3, -0.25) is 9.59 Å². The van der Waals surface area contributed by atoms with Gasteiger partial charge < -0.3 is 13.6 Å². The van der Waals surface area contributed by atoms with Crippen molar-refractivity contribution < 1.29 is 23.2 Å². The Morgan fingerprint density at radius 2 is 1.40 bits per heavy atom. The van der Waals surface area contributed by atoms with Crippen molar-refractivity contribution in [2.24, 2.45) is 0 Å². The monoisotopic (exact) mass is 654 g/mol. The number of hydrogen-bond acceptors (Lipinski definition) is 5. The highest BCUT2D eigenvalue weighted by Crippen LogP contribution is 2.24. The molecule has 40 heavy (non-hydrogen) atoms. The Labute approximate surface area is 255 Å². The first-order valence-corrected chi connectivity index (χ1v) is 22.9. The number of ketones is 1. The standard InChI is InChI=1S/C32H55BrO5Si2/c1-8-9-10-11-13-16-19-30(37-39(2,3)4)31(38-40(5,6)7)20-17-14-12-15-18-21-32(35)36-26-29(34)27-22-24-28(33)25-23-27/h13,16,22-25,30-31H,8-12,14-15,17-21,26H2,1-7H3/b16-13-. The van der Waals surface area contributed by atoms with E-state index >= 15 is 0 Å². The molecule has 1 aromatic rings. The quantitative estimate of drug-likeness (QED) is 0.0409. The van der Waals surface area contributed by atoms with Crippen molar-refractivity contribution in [3.05, 3.63) is 46.5 Å². The van der Waals surface area contributed by atoms with E-state index in [1.54, 1.807) is 24.3 Å². The summed E-state index contributed by atoms with van der Waals surface area (Å²) in [5, 5.41) is 0. The number of allylic oxidation sites excluding steroid dienone is 1. The fraction of sp³-hybridized carbons (Fsp3) is 0.688. The summed E-state index contributed by atoms with van der Waals surface area (Å²) < 4.78 is 19.5.